The van der Waals surface area contributed by atoms with Crippen molar-refractivity contribution in [1.82, 2.24) is 0 Å². The Morgan fingerprint density at radius 1 is 1.54 bits per heavy atom. The van der Waals surface area contributed by atoms with E-state index >= 15 is 0 Å². The van der Waals surface area contributed by atoms with E-state index in [0.29, 0.717) is 10.6 Å². The van der Waals surface area contributed by atoms with Gasteiger partial charge < -0.3 is 0 Å². The van der Waals surface area contributed by atoms with E-state index in [2.05, 4.69) is 15.9 Å². The molecular weight excluding hydrogens is 275 g/mol. The normalized spacial score (nSPS) is 12.6. The van der Waals surface area contributed by atoms with Gasteiger partial charge in [0.25, 0.3) is 0 Å². The minimum absolute atomic E-state index is 0.0929. The van der Waals surface area contributed by atoms with Crippen molar-refractivity contribution in [2.45, 2.75) is 12.3 Å². The van der Waals surface area contributed by atoms with Gasteiger partial charge in [-0.2, -0.15) is 0 Å². The summed E-state index contributed by atoms with van der Waals surface area (Å²) in [5.41, 5.74) is 0.710. The van der Waals surface area contributed by atoms with Gasteiger partial charge in [-0.05, 0) is 30.7 Å². The monoisotopic (exact) mass is 280 g/mol. The average molecular weight is 282 g/mol. The third kappa shape index (κ3) is 2.70. The topological polar surface area (TPSA) is 17.1 Å². The Balaban J connectivity index is 3.12. The molecule has 0 fully saturated rings. The molecule has 0 aliphatic heterocycles. The molecule has 0 bridgehead atoms. The summed E-state index contributed by atoms with van der Waals surface area (Å²) in [7, 11) is 0. The molecule has 0 amide bonds. The van der Waals surface area contributed by atoms with E-state index in [-0.39, 0.29) is 5.78 Å². The molecule has 0 saturated heterocycles. The van der Waals surface area contributed by atoms with E-state index in [1.807, 2.05) is 0 Å². The number of ketones is 1. The van der Waals surface area contributed by atoms with Gasteiger partial charge in [-0.15, -0.1) is 11.6 Å². The van der Waals surface area contributed by atoms with Crippen LogP contribution in [-0.4, -0.2) is 5.78 Å². The van der Waals surface area contributed by atoms with Gasteiger partial charge in [0, 0.05) is 9.50 Å². The SMILES string of the molecule is CC(=O)C(Cl)c1cc(Cl)ccc1Br. The van der Waals surface area contributed by atoms with Crippen LogP contribution in [0.3, 0.4) is 0 Å². The number of benzene rings is 1. The summed E-state index contributed by atoms with van der Waals surface area (Å²) in [6.45, 7) is 1.45. The minimum Gasteiger partial charge on any atom is -0.298 e. The second-order valence-electron chi connectivity index (χ2n) is 2.64. The number of halogens is 3. The quantitative estimate of drug-likeness (QED) is 0.750. The van der Waals surface area contributed by atoms with Crippen molar-refractivity contribution in [3.05, 3.63) is 33.3 Å². The van der Waals surface area contributed by atoms with Crippen LogP contribution in [0.15, 0.2) is 22.7 Å². The molecule has 1 atom stereocenters. The Kier molecular flexibility index (Phi) is 3.77. The van der Waals surface area contributed by atoms with Crippen LogP contribution in [0.2, 0.25) is 5.02 Å². The van der Waals surface area contributed by atoms with Crippen LogP contribution in [0.4, 0.5) is 0 Å². The number of hydrogen-bond donors (Lipinski definition) is 0. The Hall–Kier alpha value is -0.0500. The molecular formula is C9H7BrCl2O. The first-order valence-electron chi connectivity index (χ1n) is 3.62. The fraction of sp³-hybridized carbons (Fsp3) is 0.222. The highest BCUT2D eigenvalue weighted by Gasteiger charge is 2.16. The zero-order chi connectivity index (χ0) is 10.0. The first-order valence-corrected chi connectivity index (χ1v) is 5.22. The maximum Gasteiger partial charge on any atom is 0.152 e. The van der Waals surface area contributed by atoms with Gasteiger partial charge >= 0.3 is 0 Å². The van der Waals surface area contributed by atoms with E-state index in [1.165, 1.54) is 6.92 Å². The third-order valence-electron chi connectivity index (χ3n) is 1.59. The van der Waals surface area contributed by atoms with Gasteiger partial charge in [0.1, 0.15) is 5.38 Å². The highest BCUT2D eigenvalue weighted by atomic mass is 79.9. The molecule has 1 aromatic rings. The van der Waals surface area contributed by atoms with Gasteiger partial charge in [0.05, 0.1) is 0 Å². The first kappa shape index (κ1) is 11.0. The lowest BCUT2D eigenvalue weighted by Crippen LogP contribution is -2.02. The van der Waals surface area contributed by atoms with Crippen LogP contribution < -0.4 is 0 Å². The molecule has 0 N–H and O–H groups in total. The van der Waals surface area contributed by atoms with Gasteiger partial charge in [0.2, 0.25) is 0 Å². The number of carbonyl (C=O) groups excluding carboxylic acids is 1. The maximum atomic E-state index is 11.0. The van der Waals surface area contributed by atoms with Crippen LogP contribution in [0.1, 0.15) is 17.9 Å². The molecule has 0 aliphatic rings. The number of Topliss-reactive ketones (excluding diaryl/α,β-unsaturated/α-hetero) is 1. The Morgan fingerprint density at radius 3 is 2.69 bits per heavy atom. The third-order valence-corrected chi connectivity index (χ3v) is 3.09. The second kappa shape index (κ2) is 4.45. The Morgan fingerprint density at radius 2 is 2.15 bits per heavy atom. The molecule has 0 aromatic heterocycles. The van der Waals surface area contributed by atoms with E-state index in [9.17, 15) is 4.79 Å². The minimum atomic E-state index is -0.631. The van der Waals surface area contributed by atoms with Gasteiger partial charge in [-0.3, -0.25) is 4.79 Å². The smallest absolute Gasteiger partial charge is 0.152 e. The number of rotatable bonds is 2. The van der Waals surface area contributed by atoms with Crippen LogP contribution in [0, 0.1) is 0 Å². The molecule has 1 rings (SSSR count). The van der Waals surface area contributed by atoms with E-state index < -0.39 is 5.38 Å². The van der Waals surface area contributed by atoms with Crippen LogP contribution in [0.5, 0.6) is 0 Å². The van der Waals surface area contributed by atoms with Crippen molar-refractivity contribution in [2.75, 3.05) is 0 Å². The molecule has 0 aliphatic carbocycles. The maximum absolute atomic E-state index is 11.0. The lowest BCUT2D eigenvalue weighted by molar-refractivity contribution is -0.116. The predicted octanol–water partition coefficient (Wildman–Crippen LogP) is 3.97. The lowest BCUT2D eigenvalue weighted by Gasteiger charge is -2.08. The summed E-state index contributed by atoms with van der Waals surface area (Å²) < 4.78 is 0.798. The summed E-state index contributed by atoms with van der Waals surface area (Å²) in [6.07, 6.45) is 0. The number of carbonyl (C=O) groups is 1. The lowest BCUT2D eigenvalue weighted by atomic mass is 10.1. The molecule has 1 aromatic carbocycles. The molecule has 0 spiro atoms. The second-order valence-corrected chi connectivity index (χ2v) is 4.37. The molecule has 0 saturated carbocycles. The Labute approximate surface area is 95.2 Å². The van der Waals surface area contributed by atoms with Crippen LogP contribution in [0.25, 0.3) is 0 Å². The predicted molar refractivity (Wildman–Crippen MR) is 58.4 cm³/mol. The number of hydrogen-bond acceptors (Lipinski definition) is 1. The highest BCUT2D eigenvalue weighted by molar-refractivity contribution is 9.10. The average Bonchev–Trinajstić information content (AvgIpc) is 2.08. The molecule has 1 unspecified atom stereocenters. The summed E-state index contributed by atoms with van der Waals surface area (Å²) in [5, 5.41) is -0.0572. The molecule has 70 valence electrons. The van der Waals surface area contributed by atoms with Crippen molar-refractivity contribution >= 4 is 44.9 Å². The van der Waals surface area contributed by atoms with Crippen molar-refractivity contribution < 1.29 is 4.79 Å². The summed E-state index contributed by atoms with van der Waals surface area (Å²) in [5.74, 6) is -0.0929. The van der Waals surface area contributed by atoms with Crippen molar-refractivity contribution in [3.8, 4) is 0 Å². The van der Waals surface area contributed by atoms with Gasteiger partial charge in [0.15, 0.2) is 5.78 Å². The summed E-state index contributed by atoms with van der Waals surface area (Å²) in [6, 6.07) is 5.19. The number of alkyl halides is 1. The largest absolute Gasteiger partial charge is 0.298 e. The van der Waals surface area contributed by atoms with E-state index in [4.69, 9.17) is 23.2 Å². The highest BCUT2D eigenvalue weighted by Crippen LogP contribution is 2.30. The molecule has 0 heterocycles. The van der Waals surface area contributed by atoms with Crippen molar-refractivity contribution in [1.29, 1.82) is 0 Å². The Bertz CT molecular complexity index is 338. The zero-order valence-corrected chi connectivity index (χ0v) is 9.95. The summed E-state index contributed by atoms with van der Waals surface area (Å²) >= 11 is 15.0. The van der Waals surface area contributed by atoms with Crippen LogP contribution in [-0.2, 0) is 4.79 Å². The van der Waals surface area contributed by atoms with Crippen molar-refractivity contribution in [3.63, 3.8) is 0 Å². The first-order chi connectivity index (χ1) is 6.02. The van der Waals surface area contributed by atoms with E-state index in [0.717, 1.165) is 4.47 Å². The van der Waals surface area contributed by atoms with Gasteiger partial charge in [-0.1, -0.05) is 27.5 Å². The van der Waals surface area contributed by atoms with Crippen LogP contribution >= 0.6 is 39.1 Å². The summed E-state index contributed by atoms with van der Waals surface area (Å²) in [4.78, 5) is 11.0. The fourth-order valence-corrected chi connectivity index (χ4v) is 1.90. The van der Waals surface area contributed by atoms with Crippen molar-refractivity contribution in [2.24, 2.45) is 0 Å². The molecule has 13 heavy (non-hydrogen) atoms. The fourth-order valence-electron chi connectivity index (χ4n) is 0.928. The zero-order valence-electron chi connectivity index (χ0n) is 6.85. The standard InChI is InChI=1S/C9H7BrCl2O/c1-5(13)9(12)7-4-6(11)2-3-8(7)10/h2-4,9H,1H3. The molecule has 1 nitrogen and oxygen atoms in total. The van der Waals surface area contributed by atoms with E-state index in [1.54, 1.807) is 18.2 Å². The van der Waals surface area contributed by atoms with Gasteiger partial charge in [-0.25, -0.2) is 0 Å². The molecule has 0 radical (unpaired) electrons. The molecule has 4 heteroatoms.